The van der Waals surface area contributed by atoms with Crippen LogP contribution in [0, 0.1) is 12.8 Å². The van der Waals surface area contributed by atoms with Gasteiger partial charge in [0.1, 0.15) is 11.3 Å². The fourth-order valence-corrected chi connectivity index (χ4v) is 6.22. The molecule has 1 aliphatic heterocycles. The van der Waals surface area contributed by atoms with Gasteiger partial charge in [0.2, 0.25) is 0 Å². The van der Waals surface area contributed by atoms with Gasteiger partial charge in [-0.25, -0.2) is 4.79 Å². The van der Waals surface area contributed by atoms with Gasteiger partial charge in [-0.1, -0.05) is 49.9 Å². The first-order valence-corrected chi connectivity index (χ1v) is 13.6. The molecule has 1 aromatic heterocycles. The monoisotopic (exact) mass is 487 g/mol. The maximum absolute atomic E-state index is 13.6. The molecule has 2 fully saturated rings. The third-order valence-electron chi connectivity index (χ3n) is 8.09. The van der Waals surface area contributed by atoms with Crippen LogP contribution in [0.5, 0.6) is 5.75 Å². The second-order valence-corrected chi connectivity index (χ2v) is 10.6. The van der Waals surface area contributed by atoms with Crippen LogP contribution in [-0.4, -0.2) is 29.5 Å². The van der Waals surface area contributed by atoms with Crippen LogP contribution in [0.3, 0.4) is 0 Å². The zero-order valence-electron chi connectivity index (χ0n) is 21.5. The number of hydrogen-bond acceptors (Lipinski definition) is 4. The van der Waals surface area contributed by atoms with Gasteiger partial charge in [-0.3, -0.25) is 4.79 Å². The number of benzene rings is 2. The minimum Gasteiger partial charge on any atom is -0.481 e. The summed E-state index contributed by atoms with van der Waals surface area (Å²) in [7, 11) is 0. The van der Waals surface area contributed by atoms with Crippen LogP contribution in [0.2, 0.25) is 0 Å². The lowest BCUT2D eigenvalue weighted by Crippen LogP contribution is -2.51. The van der Waals surface area contributed by atoms with Crippen molar-refractivity contribution in [3.63, 3.8) is 0 Å². The Balaban J connectivity index is 1.37. The van der Waals surface area contributed by atoms with Crippen LogP contribution in [-0.2, 0) is 4.79 Å². The zero-order valence-corrected chi connectivity index (χ0v) is 21.5. The summed E-state index contributed by atoms with van der Waals surface area (Å²) in [6, 6.07) is 15.4. The van der Waals surface area contributed by atoms with Gasteiger partial charge in [-0.05, 0) is 75.1 Å². The van der Waals surface area contributed by atoms with E-state index in [2.05, 4.69) is 4.90 Å². The summed E-state index contributed by atoms with van der Waals surface area (Å²) in [4.78, 5) is 28.1. The highest BCUT2D eigenvalue weighted by Crippen LogP contribution is 2.34. The van der Waals surface area contributed by atoms with Crippen molar-refractivity contribution in [1.29, 1.82) is 0 Å². The van der Waals surface area contributed by atoms with Gasteiger partial charge in [0.25, 0.3) is 5.91 Å². The zero-order chi connectivity index (χ0) is 25.1. The van der Waals surface area contributed by atoms with E-state index in [0.29, 0.717) is 23.3 Å². The normalized spacial score (nSPS) is 20.2. The fourth-order valence-electron chi connectivity index (χ4n) is 6.22. The summed E-state index contributed by atoms with van der Waals surface area (Å²) in [6.45, 7) is 4.69. The molecule has 0 radical (unpaired) electrons. The molecule has 3 aromatic rings. The Bertz CT molecular complexity index is 1270. The van der Waals surface area contributed by atoms with Crippen LogP contribution >= 0.6 is 0 Å². The predicted octanol–water partition coefficient (Wildman–Crippen LogP) is 6.89. The summed E-state index contributed by atoms with van der Waals surface area (Å²) >= 11 is 0. The smallest absolute Gasteiger partial charge is 0.336 e. The van der Waals surface area contributed by atoms with E-state index in [0.717, 1.165) is 41.5 Å². The molecule has 5 rings (SSSR count). The second-order valence-electron chi connectivity index (χ2n) is 10.6. The number of likely N-dealkylation sites (tertiary alicyclic amines) is 1. The number of aryl methyl sites for hydroxylation is 1. The average Bonchev–Trinajstić information content (AvgIpc) is 3.17. The molecule has 1 aliphatic carbocycles. The fraction of sp³-hybridized carbons (Fsp3) is 0.484. The van der Waals surface area contributed by atoms with E-state index in [1.807, 2.05) is 50.2 Å². The number of fused-ring (bicyclic) bond motifs is 1. The Hall–Kier alpha value is -3.08. The molecular formula is C31H37NO4. The quantitative estimate of drug-likeness (QED) is 0.290. The van der Waals surface area contributed by atoms with Crippen molar-refractivity contribution >= 4 is 16.9 Å². The number of carbonyl (C=O) groups is 1. The Kier molecular flexibility index (Phi) is 7.45. The van der Waals surface area contributed by atoms with E-state index < -0.39 is 11.7 Å². The summed E-state index contributed by atoms with van der Waals surface area (Å²) < 4.78 is 11.7. The molecule has 1 amide bonds. The first kappa shape index (κ1) is 24.6. The lowest BCUT2D eigenvalue weighted by molar-refractivity contribution is -0.143. The van der Waals surface area contributed by atoms with Crippen molar-refractivity contribution in [2.75, 3.05) is 6.54 Å². The van der Waals surface area contributed by atoms with Gasteiger partial charge in [0.15, 0.2) is 6.10 Å². The maximum atomic E-state index is 13.6. The third kappa shape index (κ3) is 5.21. The largest absolute Gasteiger partial charge is 0.481 e. The van der Waals surface area contributed by atoms with E-state index in [-0.39, 0.29) is 5.91 Å². The molecule has 0 spiro atoms. The maximum Gasteiger partial charge on any atom is 0.336 e. The van der Waals surface area contributed by atoms with Crippen molar-refractivity contribution in [2.24, 2.45) is 5.92 Å². The lowest BCUT2D eigenvalue weighted by atomic mass is 9.85. The highest BCUT2D eigenvalue weighted by atomic mass is 16.5. The molecule has 190 valence electrons. The Morgan fingerprint density at radius 1 is 0.944 bits per heavy atom. The number of hydrogen-bond donors (Lipinski definition) is 0. The van der Waals surface area contributed by atoms with E-state index in [1.54, 1.807) is 12.1 Å². The molecule has 0 N–H and O–H groups in total. The number of piperidine rings is 1. The number of ether oxygens (including phenoxy) is 1. The first-order valence-electron chi connectivity index (χ1n) is 13.6. The van der Waals surface area contributed by atoms with Gasteiger partial charge in [-0.15, -0.1) is 0 Å². The number of nitrogens with zero attached hydrogens (tertiary/aromatic N) is 1. The molecule has 1 saturated carbocycles. The topological polar surface area (TPSA) is 59.8 Å². The molecule has 36 heavy (non-hydrogen) atoms. The molecule has 5 nitrogen and oxygen atoms in total. The predicted molar refractivity (Wildman–Crippen MR) is 143 cm³/mol. The van der Waals surface area contributed by atoms with Gasteiger partial charge < -0.3 is 14.1 Å². The van der Waals surface area contributed by atoms with Crippen molar-refractivity contribution in [3.05, 3.63) is 64.5 Å². The second kappa shape index (κ2) is 10.9. The van der Waals surface area contributed by atoms with Gasteiger partial charge in [0, 0.05) is 35.7 Å². The van der Waals surface area contributed by atoms with Crippen LogP contribution in [0.4, 0.5) is 0 Å². The van der Waals surface area contributed by atoms with Crippen LogP contribution < -0.4 is 10.4 Å². The number of amides is 1. The number of rotatable bonds is 5. The summed E-state index contributed by atoms with van der Waals surface area (Å²) in [5.74, 6) is 1.22. The molecule has 2 aliphatic rings. The first-order chi connectivity index (χ1) is 17.5. The van der Waals surface area contributed by atoms with Gasteiger partial charge in [-0.2, -0.15) is 0 Å². The molecule has 0 bridgehead atoms. The van der Waals surface area contributed by atoms with Crippen LogP contribution in [0.15, 0.2) is 57.7 Å². The van der Waals surface area contributed by atoms with Crippen molar-refractivity contribution in [2.45, 2.75) is 83.8 Å². The van der Waals surface area contributed by atoms with E-state index >= 15 is 0 Å². The van der Waals surface area contributed by atoms with Crippen LogP contribution in [0.1, 0.15) is 70.3 Å². The van der Waals surface area contributed by atoms with Crippen molar-refractivity contribution < 1.29 is 13.9 Å². The Morgan fingerprint density at radius 3 is 2.47 bits per heavy atom. The molecule has 5 heteroatoms. The van der Waals surface area contributed by atoms with Gasteiger partial charge in [0.05, 0.1) is 0 Å². The third-order valence-corrected chi connectivity index (χ3v) is 8.09. The molecule has 1 saturated heterocycles. The Morgan fingerprint density at radius 2 is 1.69 bits per heavy atom. The molecule has 2 aromatic carbocycles. The summed E-state index contributed by atoms with van der Waals surface area (Å²) in [5, 5.41) is 0.847. The van der Waals surface area contributed by atoms with Crippen molar-refractivity contribution in [3.8, 4) is 16.9 Å². The molecule has 1 unspecified atom stereocenters. The van der Waals surface area contributed by atoms with E-state index in [4.69, 9.17) is 9.15 Å². The van der Waals surface area contributed by atoms with E-state index in [1.165, 1.54) is 44.9 Å². The standard InChI is InChI=1S/C31H37NO4/c1-21-11-7-8-14-25(21)27-20-30(33)36-29-19-24(16-17-26(27)29)35-22(2)31(34)32-18-10-9-15-28(32)23-12-5-3-4-6-13-23/h7-8,11,14,16-17,19-20,22-23,28H,3-6,9-10,12-13,15,18H2,1-2H3/t22-,28?/m1/s1. The number of carbonyl (C=O) groups excluding carboxylic acids is 1. The Labute approximate surface area is 213 Å². The summed E-state index contributed by atoms with van der Waals surface area (Å²) in [6.07, 6.45) is 10.4. The van der Waals surface area contributed by atoms with Crippen molar-refractivity contribution in [1.82, 2.24) is 4.90 Å². The molecule has 2 heterocycles. The minimum absolute atomic E-state index is 0.0687. The highest BCUT2D eigenvalue weighted by molar-refractivity contribution is 5.94. The lowest BCUT2D eigenvalue weighted by Gasteiger charge is -2.41. The minimum atomic E-state index is -0.597. The van der Waals surface area contributed by atoms with E-state index in [9.17, 15) is 9.59 Å². The van der Waals surface area contributed by atoms with Crippen LogP contribution in [0.25, 0.3) is 22.1 Å². The SMILES string of the molecule is Cc1ccccc1-c1cc(=O)oc2cc(O[C@H](C)C(=O)N3CCCCC3C3CCCCCC3)ccc12. The van der Waals surface area contributed by atoms with Gasteiger partial charge >= 0.3 is 5.63 Å². The molecular weight excluding hydrogens is 450 g/mol. The molecule has 2 atom stereocenters. The highest BCUT2D eigenvalue weighted by Gasteiger charge is 2.35. The average molecular weight is 488 g/mol. The summed E-state index contributed by atoms with van der Waals surface area (Å²) in [5.41, 5.74) is 3.00.